The lowest BCUT2D eigenvalue weighted by Crippen LogP contribution is -2.67. The first-order valence-corrected chi connectivity index (χ1v) is 18.9. The van der Waals surface area contributed by atoms with Gasteiger partial charge in [0.05, 0.1) is 17.3 Å². The van der Waals surface area contributed by atoms with Crippen LogP contribution in [0.1, 0.15) is 86.0 Å². The second-order valence-electron chi connectivity index (χ2n) is 16.2. The summed E-state index contributed by atoms with van der Waals surface area (Å²) in [5.74, 6) is 0.808. The van der Waals surface area contributed by atoms with Crippen molar-refractivity contribution < 1.29 is 15.0 Å². The molecule has 8 atom stereocenters. The lowest BCUT2D eigenvalue weighted by molar-refractivity contribution is -0.166. The topological polar surface area (TPSA) is 94.2 Å². The maximum atomic E-state index is 15.3. The Bertz CT molecular complexity index is 1960. The Labute approximate surface area is 294 Å². The van der Waals surface area contributed by atoms with Gasteiger partial charge >= 0.3 is 0 Å². The molecule has 1 aromatic heterocycles. The predicted molar refractivity (Wildman–Crippen MR) is 194 cm³/mol. The fraction of sp³-hybridized carbons (Fsp3) is 0.465. The summed E-state index contributed by atoms with van der Waals surface area (Å²) in [6.45, 7) is 8.59. The second kappa shape index (κ2) is 11.3. The highest BCUT2D eigenvalue weighted by atomic mass is 32.2. The number of carbonyl (C=O) groups excluding carboxylic acids is 1. The van der Waals surface area contributed by atoms with Crippen molar-refractivity contribution in [2.75, 3.05) is 5.75 Å². The number of hydrogen-bond donors (Lipinski definition) is 2. The Morgan fingerprint density at radius 3 is 2.43 bits per heavy atom. The number of Topliss-reactive ketones (excluding diaryl/α,β-unsaturated/α-hetero) is 1. The summed E-state index contributed by atoms with van der Waals surface area (Å²) in [4.78, 5) is 20.1. The number of thioether (sulfide) groups is 1. The van der Waals surface area contributed by atoms with Crippen LogP contribution in [0.4, 0.5) is 0 Å². The van der Waals surface area contributed by atoms with E-state index in [1.165, 1.54) is 11.8 Å². The number of aliphatic hydroxyl groups excluding tert-OH is 1. The number of aromatic nitrogens is 1. The van der Waals surface area contributed by atoms with Gasteiger partial charge in [-0.15, -0.1) is 11.8 Å². The third-order valence-corrected chi connectivity index (χ3v) is 15.3. The maximum Gasteiger partial charge on any atom is 0.190 e. The van der Waals surface area contributed by atoms with Gasteiger partial charge in [-0.25, -0.2) is 4.98 Å². The van der Waals surface area contributed by atoms with Gasteiger partial charge in [0, 0.05) is 38.8 Å². The van der Waals surface area contributed by atoms with Gasteiger partial charge in [-0.3, -0.25) is 4.79 Å². The molecule has 2 aromatic carbocycles. The average Bonchev–Trinajstić information content (AvgIpc) is 3.37. The Balaban J connectivity index is 1.24. The van der Waals surface area contributed by atoms with Crippen LogP contribution in [0.3, 0.4) is 0 Å². The first-order valence-electron chi connectivity index (χ1n) is 18.0. The first-order chi connectivity index (χ1) is 23.4. The molecule has 5 nitrogen and oxygen atoms in total. The van der Waals surface area contributed by atoms with Crippen LogP contribution in [0.15, 0.2) is 89.5 Å². The lowest BCUT2D eigenvalue weighted by atomic mass is 9.32. The molecule has 6 aliphatic rings. The summed E-state index contributed by atoms with van der Waals surface area (Å²) in [6, 6.07) is 22.4. The van der Waals surface area contributed by atoms with Crippen LogP contribution in [-0.2, 0) is 0 Å². The molecular formula is C43H46N2O3S. The number of rotatable bonds is 6. The van der Waals surface area contributed by atoms with Gasteiger partial charge in [-0.2, -0.15) is 5.26 Å². The van der Waals surface area contributed by atoms with Crippen molar-refractivity contribution in [3.05, 3.63) is 107 Å². The fourth-order valence-electron chi connectivity index (χ4n) is 11.5. The molecule has 6 aliphatic carbocycles. The fourth-order valence-corrected chi connectivity index (χ4v) is 12.9. The van der Waals surface area contributed by atoms with E-state index >= 15 is 4.79 Å². The van der Waals surface area contributed by atoms with Gasteiger partial charge in [-0.05, 0) is 98.8 Å². The van der Waals surface area contributed by atoms with Crippen molar-refractivity contribution in [3.8, 4) is 17.2 Å². The number of aliphatic hydroxyl groups is 2. The molecule has 49 heavy (non-hydrogen) atoms. The molecule has 3 aromatic rings. The summed E-state index contributed by atoms with van der Waals surface area (Å²) >= 11 is 1.51. The van der Waals surface area contributed by atoms with Crippen LogP contribution in [-0.4, -0.2) is 38.4 Å². The van der Waals surface area contributed by atoms with E-state index in [4.69, 9.17) is 4.98 Å². The molecule has 6 heteroatoms. The highest BCUT2D eigenvalue weighted by molar-refractivity contribution is 7.99. The van der Waals surface area contributed by atoms with Gasteiger partial charge in [0.25, 0.3) is 0 Å². The van der Waals surface area contributed by atoms with Crippen molar-refractivity contribution >= 4 is 17.5 Å². The molecule has 2 N–H and O–H groups in total. The lowest BCUT2D eigenvalue weighted by Gasteiger charge is -2.71. The number of allylic oxidation sites excluding steroid dienone is 4. The number of benzene rings is 2. The minimum absolute atomic E-state index is 0.0595. The van der Waals surface area contributed by atoms with Gasteiger partial charge < -0.3 is 10.2 Å². The molecule has 9 rings (SSSR count). The van der Waals surface area contributed by atoms with E-state index in [0.717, 1.165) is 60.1 Å². The van der Waals surface area contributed by atoms with E-state index in [1.54, 1.807) is 0 Å². The first kappa shape index (κ1) is 32.7. The Hall–Kier alpha value is -3.50. The second-order valence-corrected chi connectivity index (χ2v) is 17.2. The number of ketones is 1. The van der Waals surface area contributed by atoms with Gasteiger partial charge in [0.1, 0.15) is 11.1 Å². The summed E-state index contributed by atoms with van der Waals surface area (Å²) in [6.07, 6.45) is 12.2. The highest BCUT2D eigenvalue weighted by Gasteiger charge is 2.74. The van der Waals surface area contributed by atoms with E-state index in [2.05, 4.69) is 56.3 Å². The highest BCUT2D eigenvalue weighted by Crippen LogP contribution is 2.78. The van der Waals surface area contributed by atoms with E-state index in [0.29, 0.717) is 34.7 Å². The van der Waals surface area contributed by atoms with E-state index in [-0.39, 0.29) is 28.4 Å². The minimum Gasteiger partial charge on any atom is -0.393 e. The summed E-state index contributed by atoms with van der Waals surface area (Å²) < 4.78 is 0. The van der Waals surface area contributed by atoms with E-state index < -0.39 is 22.5 Å². The molecule has 0 amide bonds. The Morgan fingerprint density at radius 1 is 0.959 bits per heavy atom. The number of pyridine rings is 1. The zero-order chi connectivity index (χ0) is 34.4. The zero-order valence-electron chi connectivity index (χ0n) is 29.0. The molecule has 2 spiro atoms. The Kier molecular flexibility index (Phi) is 7.51. The maximum absolute atomic E-state index is 15.3. The van der Waals surface area contributed by atoms with Crippen molar-refractivity contribution in [1.29, 1.82) is 5.26 Å². The number of carbonyl (C=O) groups is 1. The van der Waals surface area contributed by atoms with Crippen molar-refractivity contribution in [3.63, 3.8) is 0 Å². The number of fused-ring (bicyclic) bond motifs is 1. The third kappa shape index (κ3) is 4.44. The van der Waals surface area contributed by atoms with Crippen LogP contribution < -0.4 is 0 Å². The minimum atomic E-state index is -0.992. The summed E-state index contributed by atoms with van der Waals surface area (Å²) in [5, 5.41) is 34.5. The Morgan fingerprint density at radius 2 is 1.65 bits per heavy atom. The normalized spacial score (nSPS) is 37.1. The van der Waals surface area contributed by atoms with Gasteiger partial charge in [0.15, 0.2) is 5.78 Å². The average molecular weight is 671 g/mol. The molecule has 1 unspecified atom stereocenters. The summed E-state index contributed by atoms with van der Waals surface area (Å²) in [5.41, 5.74) is 3.44. The monoisotopic (exact) mass is 670 g/mol. The van der Waals surface area contributed by atoms with Crippen LogP contribution in [0.25, 0.3) is 11.1 Å². The molecular weight excluding hydrogens is 625 g/mol. The molecule has 252 valence electrons. The molecule has 0 radical (unpaired) electrons. The molecule has 3 saturated carbocycles. The SMILES string of the molecule is Cc1cc(C)c(C#N)c(SC[C@]2(O)CC[C@H]3[C@]45C=C[C@@]6(C=C4C(=O)c4ccccc4-c4ccccc4)CC(O)CC[C@]6(C)[C@H]5CC[C@@]32C)n1. The predicted octanol–water partition coefficient (Wildman–Crippen LogP) is 8.80. The van der Waals surface area contributed by atoms with Gasteiger partial charge in [0.2, 0.25) is 0 Å². The van der Waals surface area contributed by atoms with E-state index in [9.17, 15) is 15.5 Å². The molecule has 3 fully saturated rings. The molecule has 0 aliphatic heterocycles. The number of aryl methyl sites for hydroxylation is 2. The van der Waals surface area contributed by atoms with Crippen LogP contribution in [0.5, 0.6) is 0 Å². The zero-order valence-corrected chi connectivity index (χ0v) is 29.8. The van der Waals surface area contributed by atoms with Crippen LogP contribution in [0.2, 0.25) is 0 Å². The smallest absolute Gasteiger partial charge is 0.190 e. The number of nitrogens with zero attached hydrogens (tertiary/aromatic N) is 2. The van der Waals surface area contributed by atoms with Gasteiger partial charge in [-0.1, -0.05) is 86.7 Å². The van der Waals surface area contributed by atoms with Crippen molar-refractivity contribution in [2.45, 2.75) is 89.4 Å². The van der Waals surface area contributed by atoms with Crippen LogP contribution in [0, 0.1) is 58.7 Å². The quantitative estimate of drug-likeness (QED) is 0.155. The van der Waals surface area contributed by atoms with Crippen LogP contribution >= 0.6 is 11.8 Å². The van der Waals surface area contributed by atoms with Crippen molar-refractivity contribution in [1.82, 2.24) is 4.98 Å². The third-order valence-electron chi connectivity index (χ3n) is 14.1. The molecule has 1 heterocycles. The number of nitriles is 1. The molecule has 0 saturated heterocycles. The largest absolute Gasteiger partial charge is 0.393 e. The molecule has 2 bridgehead atoms. The standard InChI is InChI=1S/C43H46N2O3S/c1-27-22-28(2)45-38(33(27)25-44)49-26-42(48)19-16-36-40(42,4)18-15-35-39(3)17-14-30(46)23-41(39)20-21-43(35,36)34(24-41)37(47)32-13-9-8-12-31(32)29-10-6-5-7-11-29/h5-13,20-22,24,30,35-36,46,48H,14-19,23,26H2,1-4H3/t30?,35-,36-,39-,40+,41+,42-,43-/m1/s1. The van der Waals surface area contributed by atoms with Crippen molar-refractivity contribution in [2.24, 2.45) is 33.5 Å². The summed E-state index contributed by atoms with van der Waals surface area (Å²) in [7, 11) is 0. The van der Waals surface area contributed by atoms with E-state index in [1.807, 2.05) is 56.3 Å². The number of hydrogen-bond acceptors (Lipinski definition) is 6.